The summed E-state index contributed by atoms with van der Waals surface area (Å²) in [6, 6.07) is 29.5. The van der Waals surface area contributed by atoms with E-state index >= 15 is 0 Å². The molecular formula is C26H24N4OS. The van der Waals surface area contributed by atoms with Crippen LogP contribution in [0.5, 0.6) is 0 Å². The van der Waals surface area contributed by atoms with Crippen LogP contribution in [0.15, 0.2) is 108 Å². The molecule has 160 valence electrons. The third-order valence-electron chi connectivity index (χ3n) is 4.82. The summed E-state index contributed by atoms with van der Waals surface area (Å²) in [6.45, 7) is 0.170. The van der Waals surface area contributed by atoms with Crippen molar-refractivity contribution in [3.63, 3.8) is 0 Å². The molecule has 0 bridgehead atoms. The van der Waals surface area contributed by atoms with E-state index in [1.807, 2.05) is 84.9 Å². The zero-order valence-electron chi connectivity index (χ0n) is 17.5. The summed E-state index contributed by atoms with van der Waals surface area (Å²) in [6.07, 6.45) is 3.56. The highest BCUT2D eigenvalue weighted by molar-refractivity contribution is 7.98. The number of carbonyl (C=O) groups is 1. The van der Waals surface area contributed by atoms with Gasteiger partial charge < -0.3 is 5.32 Å². The third-order valence-corrected chi connectivity index (χ3v) is 5.83. The topological polar surface area (TPSA) is 66.9 Å². The molecule has 0 saturated carbocycles. The molecular weight excluding hydrogens is 416 g/mol. The van der Waals surface area contributed by atoms with E-state index in [0.29, 0.717) is 0 Å². The number of thioether (sulfide) groups is 1. The second-order valence-corrected chi connectivity index (χ2v) is 8.18. The number of carbonyl (C=O) groups excluding carboxylic acids is 1. The van der Waals surface area contributed by atoms with E-state index in [0.717, 1.165) is 33.3 Å². The van der Waals surface area contributed by atoms with Crippen LogP contribution in [0.2, 0.25) is 0 Å². The number of pyridine rings is 2. The highest BCUT2D eigenvalue weighted by Gasteiger charge is 2.16. The molecule has 4 aromatic rings. The van der Waals surface area contributed by atoms with Gasteiger partial charge in [0.1, 0.15) is 0 Å². The predicted molar refractivity (Wildman–Crippen MR) is 129 cm³/mol. The highest BCUT2D eigenvalue weighted by atomic mass is 32.2. The minimum atomic E-state index is -0.163. The molecule has 0 fully saturated rings. The van der Waals surface area contributed by atoms with Crippen LogP contribution in [0.3, 0.4) is 0 Å². The van der Waals surface area contributed by atoms with Gasteiger partial charge >= 0.3 is 0 Å². The lowest BCUT2D eigenvalue weighted by molar-refractivity contribution is -0.115. The Morgan fingerprint density at radius 2 is 1.62 bits per heavy atom. The minimum absolute atomic E-state index is 0.101. The van der Waals surface area contributed by atoms with Gasteiger partial charge in [-0.15, -0.1) is 11.8 Å². The molecule has 4 rings (SSSR count). The van der Waals surface area contributed by atoms with Crippen LogP contribution in [-0.4, -0.2) is 22.4 Å². The molecule has 1 amide bonds. The maximum atomic E-state index is 12.7. The van der Waals surface area contributed by atoms with E-state index in [1.54, 1.807) is 24.2 Å². The van der Waals surface area contributed by atoms with E-state index < -0.39 is 0 Å². The summed E-state index contributed by atoms with van der Waals surface area (Å²) in [5.41, 5.74) is 3.85. The van der Waals surface area contributed by atoms with Gasteiger partial charge in [0, 0.05) is 23.8 Å². The third kappa shape index (κ3) is 6.26. The highest BCUT2D eigenvalue weighted by Crippen LogP contribution is 2.22. The van der Waals surface area contributed by atoms with Crippen LogP contribution in [0, 0.1) is 0 Å². The SMILES string of the molecule is O=C(CNC(c1ccccc1)c1ccccn1)Nc1cccc(CSc2ccccn2)c1. The normalized spacial score (nSPS) is 11.6. The Kier molecular flexibility index (Phi) is 7.63. The van der Waals surface area contributed by atoms with Crippen LogP contribution >= 0.6 is 11.8 Å². The largest absolute Gasteiger partial charge is 0.325 e. The van der Waals surface area contributed by atoms with Crippen LogP contribution in [-0.2, 0) is 10.5 Å². The first-order valence-corrected chi connectivity index (χ1v) is 11.4. The van der Waals surface area contributed by atoms with Crippen molar-refractivity contribution in [3.8, 4) is 0 Å². The molecule has 0 saturated heterocycles. The van der Waals surface area contributed by atoms with Crippen molar-refractivity contribution in [2.75, 3.05) is 11.9 Å². The molecule has 5 nitrogen and oxygen atoms in total. The molecule has 2 aromatic carbocycles. The number of anilines is 1. The van der Waals surface area contributed by atoms with Crippen LogP contribution < -0.4 is 10.6 Å². The Hall–Kier alpha value is -3.48. The minimum Gasteiger partial charge on any atom is -0.325 e. The quantitative estimate of drug-likeness (QED) is 0.355. The molecule has 0 aliphatic heterocycles. The molecule has 1 unspecified atom stereocenters. The monoisotopic (exact) mass is 440 g/mol. The lowest BCUT2D eigenvalue weighted by Crippen LogP contribution is -2.32. The summed E-state index contributed by atoms with van der Waals surface area (Å²) >= 11 is 1.67. The molecule has 2 heterocycles. The Morgan fingerprint density at radius 3 is 2.38 bits per heavy atom. The average Bonchev–Trinajstić information content (AvgIpc) is 2.85. The van der Waals surface area contributed by atoms with Crippen molar-refractivity contribution in [1.82, 2.24) is 15.3 Å². The van der Waals surface area contributed by atoms with Crippen molar-refractivity contribution in [2.45, 2.75) is 16.8 Å². The number of nitrogens with zero attached hydrogens (tertiary/aromatic N) is 2. The molecule has 32 heavy (non-hydrogen) atoms. The maximum Gasteiger partial charge on any atom is 0.238 e. The summed E-state index contributed by atoms with van der Waals surface area (Å²) < 4.78 is 0. The van der Waals surface area contributed by atoms with Crippen molar-refractivity contribution in [2.24, 2.45) is 0 Å². The first-order valence-electron chi connectivity index (χ1n) is 10.4. The van der Waals surface area contributed by atoms with E-state index in [1.165, 1.54) is 0 Å². The van der Waals surface area contributed by atoms with Gasteiger partial charge in [0.05, 0.1) is 23.3 Å². The zero-order valence-corrected chi connectivity index (χ0v) is 18.3. The molecule has 0 spiro atoms. The predicted octanol–water partition coefficient (Wildman–Crippen LogP) is 5.09. The maximum absolute atomic E-state index is 12.7. The number of rotatable bonds is 9. The van der Waals surface area contributed by atoms with Gasteiger partial charge in [0.25, 0.3) is 0 Å². The Bertz CT molecular complexity index is 1080. The summed E-state index contributed by atoms with van der Waals surface area (Å²) in [4.78, 5) is 21.5. The average molecular weight is 441 g/mol. The number of amides is 1. The van der Waals surface area contributed by atoms with E-state index in [2.05, 4.69) is 26.7 Å². The Balaban J connectivity index is 1.36. The van der Waals surface area contributed by atoms with Gasteiger partial charge in [-0.05, 0) is 47.5 Å². The first-order chi connectivity index (χ1) is 15.8. The lowest BCUT2D eigenvalue weighted by atomic mass is 10.0. The van der Waals surface area contributed by atoms with Gasteiger partial charge in [-0.25, -0.2) is 4.98 Å². The number of hydrogen-bond donors (Lipinski definition) is 2. The molecule has 1 atom stereocenters. The van der Waals surface area contributed by atoms with E-state index in [4.69, 9.17) is 0 Å². The van der Waals surface area contributed by atoms with Crippen molar-refractivity contribution >= 4 is 23.4 Å². The molecule has 2 N–H and O–H groups in total. The summed E-state index contributed by atoms with van der Waals surface area (Å²) in [5, 5.41) is 7.32. The van der Waals surface area contributed by atoms with E-state index in [9.17, 15) is 4.79 Å². The van der Waals surface area contributed by atoms with Crippen molar-refractivity contribution in [1.29, 1.82) is 0 Å². The fraction of sp³-hybridized carbons (Fsp3) is 0.115. The van der Waals surface area contributed by atoms with E-state index in [-0.39, 0.29) is 18.5 Å². The smallest absolute Gasteiger partial charge is 0.238 e. The second kappa shape index (κ2) is 11.2. The lowest BCUT2D eigenvalue weighted by Gasteiger charge is -2.18. The molecule has 0 aliphatic carbocycles. The number of benzene rings is 2. The molecule has 0 radical (unpaired) electrons. The summed E-state index contributed by atoms with van der Waals surface area (Å²) in [5.74, 6) is 0.686. The molecule has 2 aromatic heterocycles. The summed E-state index contributed by atoms with van der Waals surface area (Å²) in [7, 11) is 0. The molecule has 0 aliphatic rings. The first kappa shape index (κ1) is 21.7. The van der Waals surface area contributed by atoms with Gasteiger partial charge in [0.15, 0.2) is 0 Å². The van der Waals surface area contributed by atoms with Gasteiger partial charge in [0.2, 0.25) is 5.91 Å². The number of nitrogens with one attached hydrogen (secondary N) is 2. The number of aromatic nitrogens is 2. The number of hydrogen-bond acceptors (Lipinski definition) is 5. The van der Waals surface area contributed by atoms with Crippen molar-refractivity contribution in [3.05, 3.63) is 120 Å². The zero-order chi connectivity index (χ0) is 22.0. The van der Waals surface area contributed by atoms with Crippen LogP contribution in [0.25, 0.3) is 0 Å². The van der Waals surface area contributed by atoms with Crippen LogP contribution in [0.4, 0.5) is 5.69 Å². The second-order valence-electron chi connectivity index (χ2n) is 7.18. The van der Waals surface area contributed by atoms with Gasteiger partial charge in [-0.2, -0.15) is 0 Å². The fourth-order valence-electron chi connectivity index (χ4n) is 3.31. The van der Waals surface area contributed by atoms with Crippen molar-refractivity contribution < 1.29 is 4.79 Å². The fourth-order valence-corrected chi connectivity index (χ4v) is 4.12. The Morgan fingerprint density at radius 1 is 0.844 bits per heavy atom. The standard InChI is InChI=1S/C26H24N4OS/c31-24(18-29-26(21-10-2-1-3-11-21)23-13-4-6-15-27-23)30-22-12-8-9-20(17-22)19-32-25-14-5-7-16-28-25/h1-17,26,29H,18-19H2,(H,30,31). The van der Waals surface area contributed by atoms with Crippen LogP contribution in [0.1, 0.15) is 22.9 Å². The Labute approximate surface area is 192 Å². The van der Waals surface area contributed by atoms with Gasteiger partial charge in [-0.3, -0.25) is 15.1 Å². The molecule has 6 heteroatoms. The van der Waals surface area contributed by atoms with Gasteiger partial charge in [-0.1, -0.05) is 54.6 Å².